The van der Waals surface area contributed by atoms with E-state index < -0.39 is 22.8 Å². The molecule has 0 aromatic heterocycles. The molecule has 1 N–H and O–H groups in total. The number of Topliss-reactive ketones (excluding diaryl/α,β-unsaturated/α-hetero) is 1. The summed E-state index contributed by atoms with van der Waals surface area (Å²) in [4.78, 5) is 34.2. The summed E-state index contributed by atoms with van der Waals surface area (Å²) in [5.41, 5.74) is 0.527. The first kappa shape index (κ1) is 14.7. The number of carbonyl (C=O) groups is 2. The first-order chi connectivity index (χ1) is 11.0. The molecule has 7 heteroatoms. The van der Waals surface area contributed by atoms with Gasteiger partial charge in [0.15, 0.2) is 5.78 Å². The first-order valence-electron chi connectivity index (χ1n) is 6.78. The second-order valence-electron chi connectivity index (χ2n) is 5.07. The molecule has 0 spiro atoms. The molecule has 0 amide bonds. The highest BCUT2D eigenvalue weighted by Gasteiger charge is 2.33. The van der Waals surface area contributed by atoms with Crippen molar-refractivity contribution in [3.8, 4) is 5.75 Å². The maximum Gasteiger partial charge on any atom is 0.339 e. The van der Waals surface area contributed by atoms with Gasteiger partial charge in [0.2, 0.25) is 0 Å². The number of rotatable bonds is 4. The van der Waals surface area contributed by atoms with Gasteiger partial charge in [-0.3, -0.25) is 14.9 Å². The highest BCUT2D eigenvalue weighted by atomic mass is 16.6. The number of non-ortho nitro benzene ring substituents is 1. The zero-order valence-corrected chi connectivity index (χ0v) is 11.8. The van der Waals surface area contributed by atoms with Gasteiger partial charge in [0.25, 0.3) is 5.69 Å². The minimum atomic E-state index is -0.759. The number of phenols is 1. The fourth-order valence-corrected chi connectivity index (χ4v) is 2.51. The van der Waals surface area contributed by atoms with Crippen LogP contribution in [0.5, 0.6) is 5.75 Å². The van der Waals surface area contributed by atoms with E-state index in [0.29, 0.717) is 11.1 Å². The Labute approximate surface area is 130 Å². The maximum absolute atomic E-state index is 12.3. The summed E-state index contributed by atoms with van der Waals surface area (Å²) < 4.78 is 5.17. The van der Waals surface area contributed by atoms with Crippen LogP contribution in [0.4, 0.5) is 5.69 Å². The van der Waals surface area contributed by atoms with Gasteiger partial charge >= 0.3 is 5.97 Å². The van der Waals surface area contributed by atoms with Gasteiger partial charge in [-0.15, -0.1) is 0 Å². The summed E-state index contributed by atoms with van der Waals surface area (Å²) in [5.74, 6) is -1.40. The van der Waals surface area contributed by atoms with E-state index in [9.17, 15) is 24.8 Å². The van der Waals surface area contributed by atoms with E-state index in [1.54, 1.807) is 24.3 Å². The third-order valence-electron chi connectivity index (χ3n) is 3.64. The van der Waals surface area contributed by atoms with Crippen LogP contribution < -0.4 is 0 Å². The van der Waals surface area contributed by atoms with Crippen LogP contribution in [0.3, 0.4) is 0 Å². The van der Waals surface area contributed by atoms with E-state index in [4.69, 9.17) is 4.74 Å². The van der Waals surface area contributed by atoms with E-state index in [1.165, 1.54) is 0 Å². The van der Waals surface area contributed by atoms with Crippen molar-refractivity contribution >= 4 is 17.4 Å². The summed E-state index contributed by atoms with van der Waals surface area (Å²) >= 11 is 0. The lowest BCUT2D eigenvalue weighted by Crippen LogP contribution is -2.08. The fourth-order valence-electron chi connectivity index (χ4n) is 2.51. The lowest BCUT2D eigenvalue weighted by atomic mass is 9.98. The largest absolute Gasteiger partial charge is 0.507 e. The Morgan fingerprint density at radius 3 is 2.74 bits per heavy atom. The second-order valence-corrected chi connectivity index (χ2v) is 5.07. The Kier molecular flexibility index (Phi) is 3.53. The van der Waals surface area contributed by atoms with Gasteiger partial charge < -0.3 is 9.84 Å². The Morgan fingerprint density at radius 1 is 1.26 bits per heavy atom. The number of esters is 1. The topological polar surface area (TPSA) is 107 Å². The molecule has 3 rings (SSSR count). The molecule has 2 aromatic rings. The SMILES string of the molecule is O=C(CC1OC(=O)c2ccccc21)c1cc([N+](=O)[O-])ccc1O. The number of carbonyl (C=O) groups excluding carboxylic acids is 2. The van der Waals surface area contributed by atoms with Gasteiger partial charge in [-0.2, -0.15) is 0 Å². The van der Waals surface area contributed by atoms with Crippen molar-refractivity contribution in [2.45, 2.75) is 12.5 Å². The average Bonchev–Trinajstić information content (AvgIpc) is 2.84. The van der Waals surface area contributed by atoms with Gasteiger partial charge in [0, 0.05) is 17.7 Å². The Balaban J connectivity index is 1.88. The van der Waals surface area contributed by atoms with Crippen molar-refractivity contribution in [1.82, 2.24) is 0 Å². The number of nitrogens with zero attached hydrogens (tertiary/aromatic N) is 1. The minimum absolute atomic E-state index is 0.167. The van der Waals surface area contributed by atoms with Gasteiger partial charge in [-0.25, -0.2) is 4.79 Å². The number of nitro groups is 1. The number of hydrogen-bond acceptors (Lipinski definition) is 6. The van der Waals surface area contributed by atoms with Crippen molar-refractivity contribution in [2.75, 3.05) is 0 Å². The molecule has 1 aliphatic heterocycles. The molecule has 1 aliphatic rings. The molecule has 1 atom stereocenters. The van der Waals surface area contributed by atoms with E-state index >= 15 is 0 Å². The van der Waals surface area contributed by atoms with E-state index in [-0.39, 0.29) is 23.4 Å². The predicted molar refractivity (Wildman–Crippen MR) is 78.3 cm³/mol. The van der Waals surface area contributed by atoms with Crippen LogP contribution in [0.2, 0.25) is 0 Å². The molecule has 0 aliphatic carbocycles. The lowest BCUT2D eigenvalue weighted by Gasteiger charge is -2.10. The van der Waals surface area contributed by atoms with Crippen LogP contribution in [-0.4, -0.2) is 21.8 Å². The number of phenolic OH excluding ortho intramolecular Hbond substituents is 1. The van der Waals surface area contributed by atoms with E-state index in [0.717, 1.165) is 18.2 Å². The summed E-state index contributed by atoms with van der Waals surface area (Å²) in [6, 6.07) is 9.93. The van der Waals surface area contributed by atoms with Gasteiger partial charge in [0.1, 0.15) is 11.9 Å². The van der Waals surface area contributed by atoms with Crippen molar-refractivity contribution in [1.29, 1.82) is 0 Å². The standard InChI is InChI=1S/C16H11NO6/c18-13-6-5-9(17(21)22)7-12(13)14(19)8-15-10-3-1-2-4-11(10)16(20)23-15/h1-7,15,18H,8H2. The number of ether oxygens (including phenoxy) is 1. The zero-order valence-electron chi connectivity index (χ0n) is 11.8. The number of aromatic hydroxyl groups is 1. The van der Waals surface area contributed by atoms with E-state index in [1.807, 2.05) is 0 Å². The van der Waals surface area contributed by atoms with Crippen LogP contribution in [0.15, 0.2) is 42.5 Å². The molecule has 116 valence electrons. The van der Waals surface area contributed by atoms with Crippen molar-refractivity contribution in [3.63, 3.8) is 0 Å². The number of benzene rings is 2. The van der Waals surface area contributed by atoms with Crippen molar-refractivity contribution in [2.24, 2.45) is 0 Å². The summed E-state index contributed by atoms with van der Waals surface area (Å²) in [6.45, 7) is 0. The summed E-state index contributed by atoms with van der Waals surface area (Å²) in [6.07, 6.45) is -0.956. The number of ketones is 1. The molecule has 0 bridgehead atoms. The maximum atomic E-state index is 12.3. The highest BCUT2D eigenvalue weighted by molar-refractivity contribution is 6.01. The predicted octanol–water partition coefficient (Wildman–Crippen LogP) is 2.78. The van der Waals surface area contributed by atoms with Crippen molar-refractivity contribution in [3.05, 3.63) is 69.3 Å². The van der Waals surface area contributed by atoms with Crippen LogP contribution in [0.1, 0.15) is 38.8 Å². The number of hydrogen-bond donors (Lipinski definition) is 1. The van der Waals surface area contributed by atoms with Crippen LogP contribution in [0.25, 0.3) is 0 Å². The third kappa shape index (κ3) is 2.64. The van der Waals surface area contributed by atoms with Gasteiger partial charge in [-0.05, 0) is 12.1 Å². The Bertz CT molecular complexity index is 829. The molecule has 1 unspecified atom stereocenters. The molecule has 0 fully saturated rings. The minimum Gasteiger partial charge on any atom is -0.507 e. The average molecular weight is 313 g/mol. The number of nitro benzene ring substituents is 1. The molecular formula is C16H11NO6. The fraction of sp³-hybridized carbons (Fsp3) is 0.125. The smallest absolute Gasteiger partial charge is 0.339 e. The Hall–Kier alpha value is -3.22. The molecule has 0 saturated heterocycles. The second kappa shape index (κ2) is 5.53. The summed E-state index contributed by atoms with van der Waals surface area (Å²) in [7, 11) is 0. The first-order valence-corrected chi connectivity index (χ1v) is 6.78. The highest BCUT2D eigenvalue weighted by Crippen LogP contribution is 2.35. The zero-order chi connectivity index (χ0) is 16.6. The Morgan fingerprint density at radius 2 is 2.00 bits per heavy atom. The van der Waals surface area contributed by atoms with Crippen LogP contribution in [0, 0.1) is 10.1 Å². The molecular weight excluding hydrogens is 302 g/mol. The van der Waals surface area contributed by atoms with Gasteiger partial charge in [0.05, 0.1) is 22.5 Å². The molecule has 1 heterocycles. The van der Waals surface area contributed by atoms with Gasteiger partial charge in [-0.1, -0.05) is 18.2 Å². The molecule has 0 radical (unpaired) electrons. The number of fused-ring (bicyclic) bond motifs is 1. The molecule has 23 heavy (non-hydrogen) atoms. The molecule has 7 nitrogen and oxygen atoms in total. The molecule has 0 saturated carbocycles. The van der Waals surface area contributed by atoms with Crippen molar-refractivity contribution < 1.29 is 24.4 Å². The number of cyclic esters (lactones) is 1. The normalized spacial score (nSPS) is 15.8. The summed E-state index contributed by atoms with van der Waals surface area (Å²) in [5, 5.41) is 20.5. The van der Waals surface area contributed by atoms with E-state index in [2.05, 4.69) is 0 Å². The quantitative estimate of drug-likeness (QED) is 0.402. The monoisotopic (exact) mass is 313 g/mol. The molecule has 2 aromatic carbocycles. The van der Waals surface area contributed by atoms with Crippen LogP contribution in [-0.2, 0) is 4.74 Å². The lowest BCUT2D eigenvalue weighted by molar-refractivity contribution is -0.384. The van der Waals surface area contributed by atoms with Crippen LogP contribution >= 0.6 is 0 Å². The third-order valence-corrected chi connectivity index (χ3v) is 3.64.